The van der Waals surface area contributed by atoms with Gasteiger partial charge in [-0.1, -0.05) is 6.92 Å². The molecule has 1 amide bonds. The molecule has 20 heavy (non-hydrogen) atoms. The highest BCUT2D eigenvalue weighted by Gasteiger charge is 2.46. The molecule has 0 bridgehead atoms. The summed E-state index contributed by atoms with van der Waals surface area (Å²) in [5.41, 5.74) is -0.805. The first-order valence-electron chi connectivity index (χ1n) is 7.25. The third-order valence-corrected chi connectivity index (χ3v) is 4.16. The first-order chi connectivity index (χ1) is 9.49. The summed E-state index contributed by atoms with van der Waals surface area (Å²) in [7, 11) is 0. The largest absolute Gasteiger partial charge is 0.481 e. The van der Waals surface area contributed by atoms with E-state index in [0.29, 0.717) is 26.2 Å². The van der Waals surface area contributed by atoms with Crippen LogP contribution in [0.4, 0.5) is 0 Å². The van der Waals surface area contributed by atoms with Crippen molar-refractivity contribution in [1.29, 1.82) is 0 Å². The van der Waals surface area contributed by atoms with Gasteiger partial charge in [0.1, 0.15) is 11.5 Å². The Morgan fingerprint density at radius 1 is 1.40 bits per heavy atom. The second-order valence-corrected chi connectivity index (χ2v) is 5.73. The summed E-state index contributed by atoms with van der Waals surface area (Å²) in [6, 6.07) is -0.388. The van der Waals surface area contributed by atoms with Crippen LogP contribution in [0.15, 0.2) is 0 Å². The van der Waals surface area contributed by atoms with Gasteiger partial charge < -0.3 is 19.5 Å². The monoisotopic (exact) mass is 285 g/mol. The number of carbonyl (C=O) groups excluding carboxylic acids is 1. The number of hydrogen-bond acceptors (Lipinski definition) is 4. The maximum Gasteiger partial charge on any atom is 0.311 e. The Balaban J connectivity index is 2.17. The molecule has 2 fully saturated rings. The number of carbonyl (C=O) groups is 2. The fourth-order valence-corrected chi connectivity index (χ4v) is 3.00. The first-order valence-corrected chi connectivity index (χ1v) is 7.25. The highest BCUT2D eigenvalue weighted by molar-refractivity contribution is 5.86. The highest BCUT2D eigenvalue weighted by Crippen LogP contribution is 2.30. The van der Waals surface area contributed by atoms with E-state index < -0.39 is 17.5 Å². The van der Waals surface area contributed by atoms with Crippen LogP contribution in [0.5, 0.6) is 0 Å². The van der Waals surface area contributed by atoms with Gasteiger partial charge in [0.15, 0.2) is 0 Å². The van der Waals surface area contributed by atoms with E-state index in [2.05, 4.69) is 0 Å². The van der Waals surface area contributed by atoms with Crippen LogP contribution in [-0.2, 0) is 19.1 Å². The fraction of sp³-hybridized carbons (Fsp3) is 0.857. The van der Waals surface area contributed by atoms with E-state index in [1.54, 1.807) is 11.8 Å². The maximum absolute atomic E-state index is 12.8. The van der Waals surface area contributed by atoms with E-state index in [4.69, 9.17) is 9.47 Å². The van der Waals surface area contributed by atoms with Crippen molar-refractivity contribution in [1.82, 2.24) is 4.90 Å². The topological polar surface area (TPSA) is 76.1 Å². The molecular formula is C14H23NO5. The molecule has 3 unspecified atom stereocenters. The van der Waals surface area contributed by atoms with Crippen LogP contribution >= 0.6 is 0 Å². The number of ether oxygens (including phenoxy) is 2. The van der Waals surface area contributed by atoms with Gasteiger partial charge >= 0.3 is 5.97 Å². The van der Waals surface area contributed by atoms with Crippen LogP contribution in [0.1, 0.15) is 33.1 Å². The molecule has 1 N–H and O–H groups in total. The van der Waals surface area contributed by atoms with Crippen LogP contribution in [0, 0.1) is 5.92 Å². The van der Waals surface area contributed by atoms with Crippen LogP contribution in [0.3, 0.4) is 0 Å². The average molecular weight is 285 g/mol. The summed E-state index contributed by atoms with van der Waals surface area (Å²) in [5.74, 6) is -1.65. The maximum atomic E-state index is 12.8. The molecule has 2 heterocycles. The lowest BCUT2D eigenvalue weighted by atomic mass is 9.96. The smallest absolute Gasteiger partial charge is 0.311 e. The predicted octanol–water partition coefficient (Wildman–Crippen LogP) is 0.894. The molecule has 0 spiro atoms. The molecule has 3 atom stereocenters. The van der Waals surface area contributed by atoms with Gasteiger partial charge in [0, 0.05) is 13.2 Å². The van der Waals surface area contributed by atoms with E-state index in [-0.39, 0.29) is 18.6 Å². The third-order valence-electron chi connectivity index (χ3n) is 4.16. The SMILES string of the molecule is CCCN(C(=O)C1(C)CCCO1)C1COCC1C(=O)O. The minimum Gasteiger partial charge on any atom is -0.481 e. The van der Waals surface area contributed by atoms with Crippen molar-refractivity contribution in [3.05, 3.63) is 0 Å². The molecule has 0 saturated carbocycles. The minimum absolute atomic E-state index is 0.0985. The van der Waals surface area contributed by atoms with Gasteiger partial charge in [-0.05, 0) is 26.2 Å². The Bertz CT molecular complexity index is 378. The van der Waals surface area contributed by atoms with Crippen molar-refractivity contribution >= 4 is 11.9 Å². The number of carboxylic acids is 1. The summed E-state index contributed by atoms with van der Waals surface area (Å²) < 4.78 is 10.9. The van der Waals surface area contributed by atoms with Crippen molar-refractivity contribution in [2.75, 3.05) is 26.4 Å². The van der Waals surface area contributed by atoms with Gasteiger partial charge in [-0.3, -0.25) is 9.59 Å². The van der Waals surface area contributed by atoms with Crippen LogP contribution in [0.2, 0.25) is 0 Å². The van der Waals surface area contributed by atoms with E-state index in [1.807, 2.05) is 6.92 Å². The Morgan fingerprint density at radius 2 is 2.15 bits per heavy atom. The van der Waals surface area contributed by atoms with Gasteiger partial charge in [0.2, 0.25) is 0 Å². The molecular weight excluding hydrogens is 262 g/mol. The lowest BCUT2D eigenvalue weighted by Crippen LogP contribution is -2.54. The molecule has 6 heteroatoms. The van der Waals surface area contributed by atoms with E-state index >= 15 is 0 Å². The second-order valence-electron chi connectivity index (χ2n) is 5.73. The van der Waals surface area contributed by atoms with Crippen molar-refractivity contribution in [3.8, 4) is 0 Å². The highest BCUT2D eigenvalue weighted by atomic mass is 16.5. The molecule has 6 nitrogen and oxygen atoms in total. The van der Waals surface area contributed by atoms with Gasteiger partial charge in [-0.15, -0.1) is 0 Å². The van der Waals surface area contributed by atoms with Gasteiger partial charge in [0.05, 0.1) is 19.3 Å². The summed E-state index contributed by atoms with van der Waals surface area (Å²) in [5, 5.41) is 9.26. The van der Waals surface area contributed by atoms with Crippen molar-refractivity contribution in [2.45, 2.75) is 44.8 Å². The summed E-state index contributed by atoms with van der Waals surface area (Å²) in [6.45, 7) is 5.37. The number of carboxylic acid groups (broad SMARTS) is 1. The summed E-state index contributed by atoms with van der Waals surface area (Å²) in [4.78, 5) is 25.7. The van der Waals surface area contributed by atoms with Crippen molar-refractivity contribution < 1.29 is 24.2 Å². The average Bonchev–Trinajstić information content (AvgIpc) is 3.04. The Labute approximate surface area is 119 Å². The van der Waals surface area contributed by atoms with E-state index in [1.165, 1.54) is 0 Å². The Kier molecular flexibility index (Phi) is 4.65. The van der Waals surface area contributed by atoms with Crippen LogP contribution in [0.25, 0.3) is 0 Å². The standard InChI is InChI=1S/C14H23NO5/c1-3-6-15(11-9-19-8-10(11)12(16)17)13(18)14(2)5-4-7-20-14/h10-11H,3-9H2,1-2H3,(H,16,17). The zero-order valence-electron chi connectivity index (χ0n) is 12.1. The summed E-state index contributed by atoms with van der Waals surface area (Å²) >= 11 is 0. The number of rotatable bonds is 5. The molecule has 2 rings (SSSR count). The van der Waals surface area contributed by atoms with Crippen LogP contribution < -0.4 is 0 Å². The number of nitrogens with zero attached hydrogens (tertiary/aromatic N) is 1. The van der Waals surface area contributed by atoms with Gasteiger partial charge in [0.25, 0.3) is 5.91 Å². The van der Waals surface area contributed by atoms with E-state index in [0.717, 1.165) is 12.8 Å². The lowest BCUT2D eigenvalue weighted by Gasteiger charge is -2.36. The Morgan fingerprint density at radius 3 is 2.70 bits per heavy atom. The number of aliphatic carboxylic acids is 1. The van der Waals surface area contributed by atoms with Crippen molar-refractivity contribution in [3.63, 3.8) is 0 Å². The Hall–Kier alpha value is -1.14. The molecule has 0 aliphatic carbocycles. The predicted molar refractivity (Wildman–Crippen MR) is 71.3 cm³/mol. The molecule has 0 aromatic carbocycles. The normalized spacial score (nSPS) is 33.3. The van der Waals surface area contributed by atoms with Gasteiger partial charge in [-0.2, -0.15) is 0 Å². The van der Waals surface area contributed by atoms with Crippen LogP contribution in [-0.4, -0.2) is 59.9 Å². The molecule has 2 aliphatic heterocycles. The third kappa shape index (κ3) is 2.81. The zero-order chi connectivity index (χ0) is 14.8. The number of amides is 1. The fourth-order valence-electron chi connectivity index (χ4n) is 3.00. The number of hydrogen-bond donors (Lipinski definition) is 1. The molecule has 2 aliphatic rings. The first kappa shape index (κ1) is 15.3. The molecule has 0 aromatic heterocycles. The molecule has 2 saturated heterocycles. The minimum atomic E-state index is -0.904. The molecule has 114 valence electrons. The van der Waals surface area contributed by atoms with Crippen molar-refractivity contribution in [2.24, 2.45) is 5.92 Å². The molecule has 0 radical (unpaired) electrons. The van der Waals surface area contributed by atoms with Gasteiger partial charge in [-0.25, -0.2) is 0 Å². The second kappa shape index (κ2) is 6.10. The van der Waals surface area contributed by atoms with E-state index in [9.17, 15) is 14.7 Å². The zero-order valence-corrected chi connectivity index (χ0v) is 12.1. The molecule has 0 aromatic rings. The lowest BCUT2D eigenvalue weighted by molar-refractivity contribution is -0.156. The summed E-state index contributed by atoms with van der Waals surface area (Å²) in [6.07, 6.45) is 2.34. The quantitative estimate of drug-likeness (QED) is 0.812.